The summed E-state index contributed by atoms with van der Waals surface area (Å²) in [5, 5.41) is 7.88. The predicted molar refractivity (Wildman–Crippen MR) is 75.4 cm³/mol. The molecule has 0 bridgehead atoms. The van der Waals surface area contributed by atoms with Crippen molar-refractivity contribution in [3.63, 3.8) is 0 Å². The maximum Gasteiger partial charge on any atom is 0.131 e. The fraction of sp³-hybridized carbons (Fsp3) is 0.786. The number of hydrogen-bond acceptors (Lipinski definition) is 4. The third kappa shape index (κ3) is 2.15. The minimum Gasteiger partial charge on any atom is -0.374 e. The molecule has 2 heterocycles. The van der Waals surface area contributed by atoms with E-state index < -0.39 is 0 Å². The van der Waals surface area contributed by atoms with Crippen LogP contribution >= 0.6 is 0 Å². The molecule has 1 N–H and O–H groups in total. The van der Waals surface area contributed by atoms with Crippen LogP contribution in [-0.4, -0.2) is 42.1 Å². The Morgan fingerprint density at radius 2 is 2.26 bits per heavy atom. The summed E-state index contributed by atoms with van der Waals surface area (Å²) in [6.07, 6.45) is 4.16. The smallest absolute Gasteiger partial charge is 0.131 e. The second-order valence-corrected chi connectivity index (χ2v) is 5.64. The summed E-state index contributed by atoms with van der Waals surface area (Å²) >= 11 is 0. The van der Waals surface area contributed by atoms with Crippen LogP contribution in [0.5, 0.6) is 0 Å². The van der Waals surface area contributed by atoms with Crippen LogP contribution in [0.15, 0.2) is 0 Å². The van der Waals surface area contributed by atoms with Gasteiger partial charge >= 0.3 is 0 Å². The van der Waals surface area contributed by atoms with Crippen molar-refractivity contribution in [3.8, 4) is 0 Å². The number of rotatable bonds is 3. The van der Waals surface area contributed by atoms with E-state index in [2.05, 4.69) is 29.3 Å². The second-order valence-electron chi connectivity index (χ2n) is 5.64. The number of nitrogens with zero attached hydrogens (tertiary/aromatic N) is 3. The van der Waals surface area contributed by atoms with Gasteiger partial charge in [-0.25, -0.2) is 0 Å². The van der Waals surface area contributed by atoms with Crippen molar-refractivity contribution in [3.05, 3.63) is 11.3 Å². The van der Waals surface area contributed by atoms with Crippen LogP contribution in [-0.2, 0) is 18.3 Å². The Morgan fingerprint density at radius 1 is 1.42 bits per heavy atom. The lowest BCUT2D eigenvalue weighted by molar-refractivity contribution is 0.0250. The maximum absolute atomic E-state index is 5.91. The lowest BCUT2D eigenvalue weighted by Crippen LogP contribution is -2.49. The number of hydrogen-bond donors (Lipinski definition) is 1. The van der Waals surface area contributed by atoms with Crippen molar-refractivity contribution in [1.82, 2.24) is 15.1 Å². The first-order chi connectivity index (χ1) is 9.22. The minimum atomic E-state index is 0.423. The molecular weight excluding hydrogens is 240 g/mol. The molecule has 5 heteroatoms. The van der Waals surface area contributed by atoms with Crippen molar-refractivity contribution in [2.45, 2.75) is 44.9 Å². The Bertz CT molecular complexity index is 457. The zero-order valence-electron chi connectivity index (χ0n) is 12.1. The van der Waals surface area contributed by atoms with Gasteiger partial charge in [-0.15, -0.1) is 0 Å². The average Bonchev–Trinajstić information content (AvgIpc) is 2.95. The molecule has 0 amide bonds. The van der Waals surface area contributed by atoms with Crippen molar-refractivity contribution in [2.24, 2.45) is 7.05 Å². The molecule has 1 saturated heterocycles. The molecule has 5 nitrogen and oxygen atoms in total. The third-order valence-corrected chi connectivity index (χ3v) is 4.42. The Morgan fingerprint density at radius 3 is 3.05 bits per heavy atom. The summed E-state index contributed by atoms with van der Waals surface area (Å²) in [5.74, 6) is 1.28. The van der Waals surface area contributed by atoms with Crippen molar-refractivity contribution >= 4 is 5.82 Å². The van der Waals surface area contributed by atoms with Gasteiger partial charge in [0.2, 0.25) is 0 Å². The molecule has 0 aromatic carbocycles. The molecule has 1 aliphatic heterocycles. The third-order valence-electron chi connectivity index (χ3n) is 4.42. The summed E-state index contributed by atoms with van der Waals surface area (Å²) in [5.41, 5.74) is 2.46. The van der Waals surface area contributed by atoms with Gasteiger partial charge in [0, 0.05) is 25.7 Å². The van der Waals surface area contributed by atoms with Gasteiger partial charge in [-0.3, -0.25) is 4.68 Å². The van der Waals surface area contributed by atoms with Gasteiger partial charge in [0.1, 0.15) is 5.82 Å². The molecule has 1 saturated carbocycles. The Labute approximate surface area is 114 Å². The number of aryl methyl sites for hydroxylation is 2. The molecule has 1 aromatic heterocycles. The number of morpholine rings is 1. The first kappa shape index (κ1) is 12.9. The van der Waals surface area contributed by atoms with Gasteiger partial charge in [0.25, 0.3) is 0 Å². The SMILES string of the molecule is CNCc1c(C)nn(C)c1N1CCOC2CCCC21. The first-order valence-electron chi connectivity index (χ1n) is 7.27. The molecule has 2 fully saturated rings. The fourth-order valence-electron chi connectivity index (χ4n) is 3.62. The second kappa shape index (κ2) is 5.13. The van der Waals surface area contributed by atoms with E-state index in [1.807, 2.05) is 11.7 Å². The van der Waals surface area contributed by atoms with Crippen molar-refractivity contribution < 1.29 is 4.74 Å². The summed E-state index contributed by atoms with van der Waals surface area (Å²) in [7, 11) is 4.05. The van der Waals surface area contributed by atoms with Crippen molar-refractivity contribution in [1.29, 1.82) is 0 Å². The van der Waals surface area contributed by atoms with E-state index in [0.29, 0.717) is 12.1 Å². The topological polar surface area (TPSA) is 42.3 Å². The average molecular weight is 264 g/mol. The Hall–Kier alpha value is -1.07. The molecule has 1 aliphatic carbocycles. The maximum atomic E-state index is 5.91. The van der Waals surface area contributed by atoms with Crippen LogP contribution in [0.2, 0.25) is 0 Å². The van der Waals surface area contributed by atoms with Gasteiger partial charge in [0.05, 0.1) is 24.4 Å². The van der Waals surface area contributed by atoms with E-state index in [1.165, 1.54) is 30.6 Å². The van der Waals surface area contributed by atoms with E-state index in [1.54, 1.807) is 0 Å². The number of fused-ring (bicyclic) bond motifs is 1. The van der Waals surface area contributed by atoms with E-state index in [9.17, 15) is 0 Å². The standard InChI is InChI=1S/C14H24N4O/c1-10-11(9-15-2)14(17(3)16-10)18-7-8-19-13-6-4-5-12(13)18/h12-13,15H,4-9H2,1-3H3. The zero-order valence-corrected chi connectivity index (χ0v) is 12.1. The van der Waals surface area contributed by atoms with Crippen LogP contribution in [0.25, 0.3) is 0 Å². The quantitative estimate of drug-likeness (QED) is 0.891. The minimum absolute atomic E-state index is 0.423. The zero-order chi connectivity index (χ0) is 13.4. The van der Waals surface area contributed by atoms with Gasteiger partial charge in [-0.2, -0.15) is 5.10 Å². The molecule has 2 atom stereocenters. The molecule has 2 unspecified atom stereocenters. The van der Waals surface area contributed by atoms with Crippen molar-refractivity contribution in [2.75, 3.05) is 25.1 Å². The lowest BCUT2D eigenvalue weighted by atomic mass is 10.1. The van der Waals surface area contributed by atoms with Gasteiger partial charge in [0.15, 0.2) is 0 Å². The Balaban J connectivity index is 1.96. The van der Waals surface area contributed by atoms with E-state index >= 15 is 0 Å². The summed E-state index contributed by atoms with van der Waals surface area (Å²) < 4.78 is 7.96. The first-order valence-corrected chi connectivity index (χ1v) is 7.27. The van der Waals surface area contributed by atoms with Crippen LogP contribution in [0.4, 0.5) is 5.82 Å². The highest BCUT2D eigenvalue weighted by Crippen LogP contribution is 2.35. The number of nitrogens with one attached hydrogen (secondary N) is 1. The molecule has 3 rings (SSSR count). The summed E-state index contributed by atoms with van der Waals surface area (Å²) in [6.45, 7) is 4.80. The monoisotopic (exact) mass is 264 g/mol. The van der Waals surface area contributed by atoms with E-state index in [4.69, 9.17) is 4.74 Å². The fourth-order valence-corrected chi connectivity index (χ4v) is 3.62. The van der Waals surface area contributed by atoms with Gasteiger partial charge in [-0.1, -0.05) is 0 Å². The lowest BCUT2D eigenvalue weighted by Gasteiger charge is -2.39. The van der Waals surface area contributed by atoms with Gasteiger partial charge in [-0.05, 0) is 33.2 Å². The van der Waals surface area contributed by atoms with Crippen LogP contribution in [0, 0.1) is 6.92 Å². The molecule has 0 radical (unpaired) electrons. The number of anilines is 1. The summed E-state index contributed by atoms with van der Waals surface area (Å²) in [6, 6.07) is 0.541. The molecule has 2 aliphatic rings. The van der Waals surface area contributed by atoms with Gasteiger partial charge < -0.3 is 15.0 Å². The van der Waals surface area contributed by atoms with E-state index in [0.717, 1.165) is 25.4 Å². The highest BCUT2D eigenvalue weighted by Gasteiger charge is 2.38. The highest BCUT2D eigenvalue weighted by molar-refractivity contribution is 5.52. The van der Waals surface area contributed by atoms with Crippen LogP contribution in [0.1, 0.15) is 30.5 Å². The highest BCUT2D eigenvalue weighted by atomic mass is 16.5. The molecular formula is C14H24N4O. The van der Waals surface area contributed by atoms with Crippen LogP contribution in [0.3, 0.4) is 0 Å². The number of ether oxygens (including phenoxy) is 1. The van der Waals surface area contributed by atoms with E-state index in [-0.39, 0.29) is 0 Å². The largest absolute Gasteiger partial charge is 0.374 e. The summed E-state index contributed by atoms with van der Waals surface area (Å²) in [4.78, 5) is 2.54. The Kier molecular flexibility index (Phi) is 3.50. The number of aromatic nitrogens is 2. The molecule has 106 valence electrons. The molecule has 1 aromatic rings. The molecule has 0 spiro atoms. The molecule has 19 heavy (non-hydrogen) atoms. The normalized spacial score (nSPS) is 26.8. The van der Waals surface area contributed by atoms with Crippen LogP contribution < -0.4 is 10.2 Å². The predicted octanol–water partition coefficient (Wildman–Crippen LogP) is 1.21.